The number of carbonyl (C=O) groups is 2. The van der Waals surface area contributed by atoms with Crippen molar-refractivity contribution in [3.63, 3.8) is 0 Å². The fraction of sp³-hybridized carbons (Fsp3) is 0.391. The summed E-state index contributed by atoms with van der Waals surface area (Å²) in [6.07, 6.45) is 0.289. The Morgan fingerprint density at radius 2 is 1.74 bits per heavy atom. The van der Waals surface area contributed by atoms with E-state index in [0.29, 0.717) is 12.1 Å². The Hall–Kier alpha value is -3.26. The van der Waals surface area contributed by atoms with Gasteiger partial charge in [0.05, 0.1) is 11.5 Å². The molecule has 0 spiro atoms. The Morgan fingerprint density at radius 3 is 2.26 bits per heavy atom. The summed E-state index contributed by atoms with van der Waals surface area (Å²) in [5.41, 5.74) is 2.44. The van der Waals surface area contributed by atoms with Crippen LogP contribution in [-0.4, -0.2) is 41.8 Å². The normalized spacial score (nSPS) is 23.2. The predicted molar refractivity (Wildman–Crippen MR) is 116 cm³/mol. The molecule has 0 aromatic heterocycles. The van der Waals surface area contributed by atoms with Crippen LogP contribution in [0.15, 0.2) is 48.5 Å². The van der Waals surface area contributed by atoms with Gasteiger partial charge in [-0.05, 0) is 30.9 Å². The van der Waals surface area contributed by atoms with Crippen molar-refractivity contribution in [1.82, 2.24) is 4.48 Å². The first-order chi connectivity index (χ1) is 14.8. The molecule has 1 aliphatic rings. The minimum atomic E-state index is -1.10. The Morgan fingerprint density at radius 1 is 1.10 bits per heavy atom. The van der Waals surface area contributed by atoms with E-state index in [1.807, 2.05) is 24.3 Å². The van der Waals surface area contributed by atoms with Gasteiger partial charge in [0, 0.05) is 30.2 Å². The summed E-state index contributed by atoms with van der Waals surface area (Å²) in [5.74, 6) is -1.20. The number of non-ortho nitro benzene ring substituents is 1. The highest BCUT2D eigenvalue weighted by atomic mass is 16.6. The van der Waals surface area contributed by atoms with Crippen molar-refractivity contribution in [2.75, 3.05) is 19.7 Å². The maximum atomic E-state index is 12.6. The summed E-state index contributed by atoms with van der Waals surface area (Å²) >= 11 is 0. The topological polar surface area (TPSA) is 107 Å². The Bertz CT molecular complexity index is 957. The molecule has 1 heterocycles. The first-order valence-electron chi connectivity index (χ1n) is 10.4. The number of piperidine rings is 1. The molecule has 2 aromatic rings. The van der Waals surface area contributed by atoms with E-state index in [0.717, 1.165) is 12.0 Å². The average Bonchev–Trinajstić information content (AvgIpc) is 2.78. The van der Waals surface area contributed by atoms with Crippen molar-refractivity contribution in [3.8, 4) is 0 Å². The van der Waals surface area contributed by atoms with E-state index < -0.39 is 27.4 Å². The predicted octanol–water partition coefficient (Wildman–Crippen LogP) is 4.51. The molecular weight excluding hydrogens is 400 g/mol. The summed E-state index contributed by atoms with van der Waals surface area (Å²) in [4.78, 5) is 35.7. The molecule has 8 heteroatoms. The van der Waals surface area contributed by atoms with Crippen molar-refractivity contribution in [2.24, 2.45) is 5.92 Å². The largest absolute Gasteiger partial charge is 0.518 e. The fourth-order valence-electron chi connectivity index (χ4n) is 4.35. The van der Waals surface area contributed by atoms with E-state index in [4.69, 9.17) is 4.74 Å². The molecule has 0 bridgehead atoms. The molecular formula is C23H27N2O6+. The van der Waals surface area contributed by atoms with Gasteiger partial charge < -0.3 is 9.84 Å². The molecule has 3 unspecified atom stereocenters. The smallest absolute Gasteiger partial charge is 0.466 e. The van der Waals surface area contributed by atoms with Crippen molar-refractivity contribution in [3.05, 3.63) is 69.8 Å². The van der Waals surface area contributed by atoms with Crippen LogP contribution in [0.2, 0.25) is 0 Å². The zero-order chi connectivity index (χ0) is 22.6. The Balaban J connectivity index is 2.05. The number of hydrogen-bond donors (Lipinski definition) is 1. The summed E-state index contributed by atoms with van der Waals surface area (Å²) < 4.78 is 4.75. The summed E-state index contributed by atoms with van der Waals surface area (Å²) in [6.45, 7) is 4.28. The number of likely N-dealkylation sites (tertiary alicyclic amines) is 1. The third kappa shape index (κ3) is 4.59. The molecule has 3 atom stereocenters. The van der Waals surface area contributed by atoms with Crippen molar-refractivity contribution in [2.45, 2.75) is 32.6 Å². The maximum absolute atomic E-state index is 12.6. The maximum Gasteiger partial charge on any atom is 0.518 e. The zero-order valence-corrected chi connectivity index (χ0v) is 17.7. The molecule has 1 amide bonds. The second kappa shape index (κ2) is 9.26. The number of nitro groups is 1. The quantitative estimate of drug-likeness (QED) is 0.315. The van der Waals surface area contributed by atoms with E-state index in [2.05, 4.69) is 6.92 Å². The summed E-state index contributed by atoms with van der Waals surface area (Å²) in [6, 6.07) is 13.6. The monoisotopic (exact) mass is 427 g/mol. The number of carbonyl (C=O) groups excluding carboxylic acids is 1. The third-order valence-corrected chi connectivity index (χ3v) is 6.03. The highest BCUT2D eigenvalue weighted by Gasteiger charge is 2.50. The average molecular weight is 427 g/mol. The van der Waals surface area contributed by atoms with Gasteiger partial charge in [-0.2, -0.15) is 9.28 Å². The highest BCUT2D eigenvalue weighted by Crippen LogP contribution is 2.39. The molecule has 31 heavy (non-hydrogen) atoms. The molecule has 2 aromatic carbocycles. The summed E-state index contributed by atoms with van der Waals surface area (Å²) in [5, 5.41) is 21.3. The lowest BCUT2D eigenvalue weighted by molar-refractivity contribution is -0.384. The lowest BCUT2D eigenvalue weighted by atomic mass is 9.82. The molecule has 0 saturated carbocycles. The fourth-order valence-corrected chi connectivity index (χ4v) is 4.35. The molecule has 1 fully saturated rings. The highest BCUT2D eigenvalue weighted by molar-refractivity contribution is 5.83. The minimum absolute atomic E-state index is 0.0372. The van der Waals surface area contributed by atoms with Gasteiger partial charge in [0.25, 0.3) is 5.69 Å². The number of benzene rings is 2. The summed E-state index contributed by atoms with van der Waals surface area (Å²) in [7, 11) is 0. The van der Waals surface area contributed by atoms with Gasteiger partial charge in [0.2, 0.25) is 0 Å². The molecule has 0 radical (unpaired) electrons. The number of esters is 1. The van der Waals surface area contributed by atoms with E-state index in [1.54, 1.807) is 6.92 Å². The van der Waals surface area contributed by atoms with Gasteiger partial charge in [-0.25, -0.2) is 0 Å². The number of nitro benzene ring substituents is 1. The van der Waals surface area contributed by atoms with Crippen LogP contribution in [-0.2, 0) is 16.0 Å². The lowest BCUT2D eigenvalue weighted by Crippen LogP contribution is -2.62. The van der Waals surface area contributed by atoms with Crippen LogP contribution in [0.3, 0.4) is 0 Å². The number of ether oxygens (including phenoxy) is 1. The van der Waals surface area contributed by atoms with Crippen LogP contribution in [0.5, 0.6) is 0 Å². The van der Waals surface area contributed by atoms with Gasteiger partial charge in [0.15, 0.2) is 0 Å². The number of aryl methyl sites for hydroxylation is 1. The second-order valence-electron chi connectivity index (χ2n) is 7.87. The van der Waals surface area contributed by atoms with Gasteiger partial charge in [0.1, 0.15) is 24.7 Å². The van der Waals surface area contributed by atoms with Crippen LogP contribution >= 0.6 is 0 Å². The molecule has 1 saturated heterocycles. The second-order valence-corrected chi connectivity index (χ2v) is 7.87. The van der Waals surface area contributed by atoms with Crippen molar-refractivity contribution in [1.29, 1.82) is 0 Å². The van der Waals surface area contributed by atoms with E-state index in [1.165, 1.54) is 29.8 Å². The van der Waals surface area contributed by atoms with Gasteiger partial charge in [-0.15, -0.1) is 0 Å². The molecule has 1 N–H and O–H groups in total. The number of rotatable bonds is 6. The van der Waals surface area contributed by atoms with Gasteiger partial charge >= 0.3 is 12.1 Å². The molecule has 164 valence electrons. The number of nitrogens with zero attached hydrogens (tertiary/aromatic N) is 2. The van der Waals surface area contributed by atoms with Crippen LogP contribution in [0, 0.1) is 16.0 Å². The van der Waals surface area contributed by atoms with Crippen molar-refractivity contribution >= 4 is 23.4 Å². The van der Waals surface area contributed by atoms with E-state index in [9.17, 15) is 24.8 Å². The number of quaternary nitrogens is 1. The van der Waals surface area contributed by atoms with Gasteiger partial charge in [-0.3, -0.25) is 14.9 Å². The van der Waals surface area contributed by atoms with E-state index in [-0.39, 0.29) is 31.3 Å². The van der Waals surface area contributed by atoms with Gasteiger partial charge in [-0.1, -0.05) is 31.2 Å². The first kappa shape index (κ1) is 22.4. The third-order valence-electron chi connectivity index (χ3n) is 6.03. The van der Waals surface area contributed by atoms with E-state index >= 15 is 0 Å². The van der Waals surface area contributed by atoms with Crippen LogP contribution in [0.4, 0.5) is 16.2 Å². The standard InChI is InChI=1S/C23H26N2O6/c1-3-16-5-7-17(8-6-16)18-13-19(22(26)31-4-2)15-25(14-18,23(27)28)21-11-9-20(10-12-21)24(29)30/h5-12,18-19H,3-4,13-15H2,1-2H3/p+1. The first-order valence-corrected chi connectivity index (χ1v) is 10.4. The Kier molecular flexibility index (Phi) is 6.70. The van der Waals surface area contributed by atoms with Crippen molar-refractivity contribution < 1.29 is 24.4 Å². The number of hydrogen-bond acceptors (Lipinski definition) is 5. The van der Waals surface area contributed by atoms with Crippen LogP contribution in [0.1, 0.15) is 37.3 Å². The SMILES string of the molecule is CCOC(=O)C1CC(c2ccc(CC)cc2)C[N+](C(=O)O)(c2ccc([N+](=O)[O-])cc2)C1. The zero-order valence-electron chi connectivity index (χ0n) is 17.7. The number of amides is 1. The van der Waals surface area contributed by atoms with Crippen LogP contribution in [0.25, 0.3) is 0 Å². The molecule has 3 rings (SSSR count). The Labute approximate surface area is 180 Å². The minimum Gasteiger partial charge on any atom is -0.466 e. The van der Waals surface area contributed by atoms with Crippen LogP contribution < -0.4 is 4.48 Å². The molecule has 8 nitrogen and oxygen atoms in total. The lowest BCUT2D eigenvalue weighted by Gasteiger charge is -2.42. The molecule has 1 aliphatic heterocycles. The number of carboxylic acid groups (broad SMARTS) is 1. The molecule has 0 aliphatic carbocycles.